The Morgan fingerprint density at radius 3 is 2.84 bits per heavy atom. The zero-order valence-corrected chi connectivity index (χ0v) is 12.1. The largest absolute Gasteiger partial charge is 0.481 e. The third kappa shape index (κ3) is 3.07. The number of benzene rings is 1. The number of halogens is 1. The van der Waals surface area contributed by atoms with Crippen LogP contribution in [0, 0.1) is 0 Å². The molecule has 1 atom stereocenters. The lowest BCUT2D eigenvalue weighted by Crippen LogP contribution is -2.56. The van der Waals surface area contributed by atoms with E-state index in [1.165, 1.54) is 0 Å². The topological polar surface area (TPSA) is 60.9 Å². The SMILES string of the molecule is CN1CCN(c2cccc(Br)c2)C(CC(=O)O)C1=O. The van der Waals surface area contributed by atoms with Crippen LogP contribution < -0.4 is 4.90 Å². The van der Waals surface area contributed by atoms with Crippen molar-refractivity contribution < 1.29 is 14.7 Å². The molecule has 1 aliphatic rings. The minimum absolute atomic E-state index is 0.145. The van der Waals surface area contributed by atoms with Crippen LogP contribution >= 0.6 is 15.9 Å². The average Bonchev–Trinajstić information content (AvgIpc) is 2.35. The second kappa shape index (κ2) is 5.61. The Hall–Kier alpha value is -1.56. The molecule has 1 aromatic rings. The molecular formula is C13H15BrN2O3. The maximum absolute atomic E-state index is 12.1. The van der Waals surface area contributed by atoms with Gasteiger partial charge in [0.2, 0.25) is 5.91 Å². The first-order chi connectivity index (χ1) is 8.99. The number of anilines is 1. The average molecular weight is 327 g/mol. The van der Waals surface area contributed by atoms with Crippen LogP contribution in [0.4, 0.5) is 5.69 Å². The van der Waals surface area contributed by atoms with Gasteiger partial charge in [-0.1, -0.05) is 22.0 Å². The van der Waals surface area contributed by atoms with E-state index in [1.54, 1.807) is 11.9 Å². The van der Waals surface area contributed by atoms with Crippen LogP contribution in [0.2, 0.25) is 0 Å². The van der Waals surface area contributed by atoms with Crippen molar-refractivity contribution in [2.24, 2.45) is 0 Å². The fourth-order valence-corrected chi connectivity index (χ4v) is 2.63. The van der Waals surface area contributed by atoms with Crippen molar-refractivity contribution in [3.05, 3.63) is 28.7 Å². The molecule has 102 valence electrons. The zero-order chi connectivity index (χ0) is 14.0. The molecule has 1 heterocycles. The molecule has 0 spiro atoms. The van der Waals surface area contributed by atoms with Gasteiger partial charge in [-0.25, -0.2) is 0 Å². The Bertz CT molecular complexity index is 506. The summed E-state index contributed by atoms with van der Waals surface area (Å²) in [7, 11) is 1.70. The number of carbonyl (C=O) groups is 2. The maximum atomic E-state index is 12.1. The Kier molecular flexibility index (Phi) is 4.09. The van der Waals surface area contributed by atoms with Crippen molar-refractivity contribution in [3.8, 4) is 0 Å². The van der Waals surface area contributed by atoms with E-state index in [0.717, 1.165) is 10.2 Å². The third-order valence-electron chi connectivity index (χ3n) is 3.22. The number of aliphatic carboxylic acids is 1. The summed E-state index contributed by atoms with van der Waals surface area (Å²) in [6.07, 6.45) is -0.185. The lowest BCUT2D eigenvalue weighted by molar-refractivity contribution is -0.142. The minimum Gasteiger partial charge on any atom is -0.481 e. The molecule has 1 fully saturated rings. The second-order valence-corrected chi connectivity index (χ2v) is 5.46. The van der Waals surface area contributed by atoms with Gasteiger partial charge in [0, 0.05) is 30.3 Å². The van der Waals surface area contributed by atoms with E-state index in [4.69, 9.17) is 5.11 Å². The van der Waals surface area contributed by atoms with Crippen molar-refractivity contribution in [3.63, 3.8) is 0 Å². The normalized spacial score (nSPS) is 19.7. The highest BCUT2D eigenvalue weighted by molar-refractivity contribution is 9.10. The molecule has 1 N–H and O–H groups in total. The number of piperazine rings is 1. The molecule has 0 aliphatic carbocycles. The Balaban J connectivity index is 2.30. The van der Waals surface area contributed by atoms with Gasteiger partial charge in [0.15, 0.2) is 0 Å². The van der Waals surface area contributed by atoms with Gasteiger partial charge >= 0.3 is 5.97 Å². The van der Waals surface area contributed by atoms with Crippen LogP contribution in [-0.2, 0) is 9.59 Å². The minimum atomic E-state index is -0.964. The monoisotopic (exact) mass is 326 g/mol. The Morgan fingerprint density at radius 2 is 2.21 bits per heavy atom. The molecular weight excluding hydrogens is 312 g/mol. The van der Waals surface area contributed by atoms with Gasteiger partial charge in [-0.2, -0.15) is 0 Å². The molecule has 1 aromatic carbocycles. The summed E-state index contributed by atoms with van der Waals surface area (Å²) in [6, 6.07) is 6.92. The first kappa shape index (κ1) is 13.9. The van der Waals surface area contributed by atoms with Gasteiger partial charge in [-0.3, -0.25) is 9.59 Å². The van der Waals surface area contributed by atoms with Gasteiger partial charge in [-0.05, 0) is 18.2 Å². The van der Waals surface area contributed by atoms with Gasteiger partial charge in [-0.15, -0.1) is 0 Å². The third-order valence-corrected chi connectivity index (χ3v) is 3.71. The van der Waals surface area contributed by atoms with Crippen LogP contribution in [0.15, 0.2) is 28.7 Å². The van der Waals surface area contributed by atoms with Crippen molar-refractivity contribution in [2.45, 2.75) is 12.5 Å². The lowest BCUT2D eigenvalue weighted by atomic mass is 10.1. The molecule has 1 amide bonds. The van der Waals surface area contributed by atoms with Crippen LogP contribution in [0.1, 0.15) is 6.42 Å². The number of amides is 1. The van der Waals surface area contributed by atoms with E-state index in [2.05, 4.69) is 15.9 Å². The first-order valence-corrected chi connectivity index (χ1v) is 6.77. The first-order valence-electron chi connectivity index (χ1n) is 5.98. The molecule has 19 heavy (non-hydrogen) atoms. The molecule has 0 saturated carbocycles. The van der Waals surface area contributed by atoms with E-state index >= 15 is 0 Å². The predicted octanol–water partition coefficient (Wildman–Crippen LogP) is 1.57. The van der Waals surface area contributed by atoms with Gasteiger partial charge in [0.25, 0.3) is 0 Å². The number of hydrogen-bond acceptors (Lipinski definition) is 3. The molecule has 1 saturated heterocycles. The van der Waals surface area contributed by atoms with Crippen molar-refractivity contribution in [2.75, 3.05) is 25.0 Å². The number of carbonyl (C=O) groups excluding carboxylic acids is 1. The second-order valence-electron chi connectivity index (χ2n) is 4.55. The summed E-state index contributed by atoms with van der Waals surface area (Å²) in [5, 5.41) is 8.98. The van der Waals surface area contributed by atoms with Crippen LogP contribution in [0.5, 0.6) is 0 Å². The van der Waals surface area contributed by atoms with E-state index in [-0.39, 0.29) is 12.3 Å². The van der Waals surface area contributed by atoms with Crippen LogP contribution in [0.3, 0.4) is 0 Å². The Morgan fingerprint density at radius 1 is 1.47 bits per heavy atom. The summed E-state index contributed by atoms with van der Waals surface area (Å²) in [5.74, 6) is -1.11. The van der Waals surface area contributed by atoms with Crippen molar-refractivity contribution in [1.29, 1.82) is 0 Å². The number of nitrogens with zero attached hydrogens (tertiary/aromatic N) is 2. The predicted molar refractivity (Wildman–Crippen MR) is 75.2 cm³/mol. The van der Waals surface area contributed by atoms with Crippen molar-refractivity contribution >= 4 is 33.5 Å². The maximum Gasteiger partial charge on any atom is 0.305 e. The number of carboxylic acids is 1. The van der Waals surface area contributed by atoms with Crippen molar-refractivity contribution in [1.82, 2.24) is 4.90 Å². The molecule has 1 aliphatic heterocycles. The number of hydrogen-bond donors (Lipinski definition) is 1. The molecule has 0 radical (unpaired) electrons. The smallest absolute Gasteiger partial charge is 0.305 e. The van der Waals surface area contributed by atoms with E-state index in [0.29, 0.717) is 13.1 Å². The Labute approximate surface area is 119 Å². The molecule has 1 unspecified atom stereocenters. The van der Waals surface area contributed by atoms with Crippen LogP contribution in [-0.4, -0.2) is 48.1 Å². The standard InChI is InChI=1S/C13H15BrN2O3/c1-15-5-6-16(10-4-2-3-9(14)7-10)11(13(15)19)8-12(17)18/h2-4,7,11H,5-6,8H2,1H3,(H,17,18). The summed E-state index contributed by atoms with van der Waals surface area (Å²) in [4.78, 5) is 26.5. The molecule has 0 bridgehead atoms. The summed E-state index contributed by atoms with van der Waals surface area (Å²) < 4.78 is 0.908. The zero-order valence-electron chi connectivity index (χ0n) is 10.5. The number of rotatable bonds is 3. The lowest BCUT2D eigenvalue weighted by Gasteiger charge is -2.40. The summed E-state index contributed by atoms with van der Waals surface area (Å²) >= 11 is 3.39. The highest BCUT2D eigenvalue weighted by Gasteiger charge is 2.34. The fraction of sp³-hybridized carbons (Fsp3) is 0.385. The van der Waals surface area contributed by atoms with Crippen LogP contribution in [0.25, 0.3) is 0 Å². The van der Waals surface area contributed by atoms with Gasteiger partial charge in [0.1, 0.15) is 6.04 Å². The van der Waals surface area contributed by atoms with Gasteiger partial charge in [0.05, 0.1) is 6.42 Å². The quantitative estimate of drug-likeness (QED) is 0.916. The number of carboxylic acid groups (broad SMARTS) is 1. The summed E-state index contributed by atoms with van der Waals surface area (Å²) in [5.41, 5.74) is 0.863. The molecule has 2 rings (SSSR count). The van der Waals surface area contributed by atoms with E-state index in [9.17, 15) is 9.59 Å². The van der Waals surface area contributed by atoms with Gasteiger partial charge < -0.3 is 14.9 Å². The molecule has 5 nitrogen and oxygen atoms in total. The van der Waals surface area contributed by atoms with E-state index < -0.39 is 12.0 Å². The van der Waals surface area contributed by atoms with E-state index in [1.807, 2.05) is 29.2 Å². The highest BCUT2D eigenvalue weighted by Crippen LogP contribution is 2.25. The summed E-state index contributed by atoms with van der Waals surface area (Å²) in [6.45, 7) is 1.23. The highest BCUT2D eigenvalue weighted by atomic mass is 79.9. The fourth-order valence-electron chi connectivity index (χ4n) is 2.24. The molecule has 0 aromatic heterocycles. The number of likely N-dealkylation sites (N-methyl/N-ethyl adjacent to an activating group) is 1. The molecule has 6 heteroatoms.